The van der Waals surface area contributed by atoms with Crippen LogP contribution < -0.4 is 14.8 Å². The zero-order valence-corrected chi connectivity index (χ0v) is 19.4. The van der Waals surface area contributed by atoms with Crippen LogP contribution in [0.3, 0.4) is 0 Å². The minimum atomic E-state index is -0.941. The fraction of sp³-hybridized carbons (Fsp3) is 0.200. The van der Waals surface area contributed by atoms with Crippen LogP contribution in [0.4, 0.5) is 16.3 Å². The summed E-state index contributed by atoms with van der Waals surface area (Å²) in [5.41, 5.74) is 2.22. The molecule has 1 aliphatic rings. The van der Waals surface area contributed by atoms with Crippen LogP contribution in [0.15, 0.2) is 67.1 Å². The minimum Gasteiger partial charge on any atom is -0.488 e. The van der Waals surface area contributed by atoms with Gasteiger partial charge < -0.3 is 24.8 Å². The van der Waals surface area contributed by atoms with Crippen molar-refractivity contribution in [2.24, 2.45) is 0 Å². The van der Waals surface area contributed by atoms with Crippen molar-refractivity contribution in [1.29, 1.82) is 0 Å². The summed E-state index contributed by atoms with van der Waals surface area (Å²) >= 11 is 6.47. The summed E-state index contributed by atoms with van der Waals surface area (Å²) in [6.45, 7) is 1.07. The summed E-state index contributed by atoms with van der Waals surface area (Å²) in [5.74, 6) is 1.69. The maximum atomic E-state index is 11.3. The van der Waals surface area contributed by atoms with Crippen LogP contribution in [0.1, 0.15) is 12.1 Å². The summed E-state index contributed by atoms with van der Waals surface area (Å²) in [6, 6.07) is 16.6. The Bertz CT molecular complexity index is 1350. The molecule has 2 N–H and O–H groups in total. The molecule has 1 amide bonds. The van der Waals surface area contributed by atoms with E-state index in [1.807, 2.05) is 42.5 Å². The Morgan fingerprint density at radius 2 is 2.03 bits per heavy atom. The number of rotatable bonds is 7. The van der Waals surface area contributed by atoms with E-state index in [0.717, 1.165) is 5.69 Å². The zero-order valence-electron chi connectivity index (χ0n) is 18.6. The first-order valence-corrected chi connectivity index (χ1v) is 11.4. The number of benzene rings is 2. The monoisotopic (exact) mass is 491 g/mol. The van der Waals surface area contributed by atoms with Crippen molar-refractivity contribution >= 4 is 40.1 Å². The van der Waals surface area contributed by atoms with Gasteiger partial charge in [-0.3, -0.25) is 4.98 Å². The van der Waals surface area contributed by atoms with Crippen LogP contribution in [0.5, 0.6) is 11.5 Å². The van der Waals surface area contributed by atoms with E-state index in [9.17, 15) is 9.90 Å². The Hall–Kier alpha value is -4.11. The fourth-order valence-corrected chi connectivity index (χ4v) is 4.15. The average molecular weight is 492 g/mol. The van der Waals surface area contributed by atoms with Gasteiger partial charge in [0.1, 0.15) is 36.4 Å². The third-order valence-electron chi connectivity index (χ3n) is 5.63. The van der Waals surface area contributed by atoms with E-state index in [2.05, 4.69) is 20.3 Å². The second kappa shape index (κ2) is 10.0. The predicted octanol–water partition coefficient (Wildman–Crippen LogP) is 5.13. The zero-order chi connectivity index (χ0) is 24.2. The van der Waals surface area contributed by atoms with Gasteiger partial charge in [-0.15, -0.1) is 0 Å². The highest BCUT2D eigenvalue weighted by atomic mass is 35.5. The molecule has 1 saturated heterocycles. The normalized spacial score (nSPS) is 15.2. The van der Waals surface area contributed by atoms with E-state index in [1.54, 1.807) is 18.3 Å². The first-order chi connectivity index (χ1) is 17.1. The Balaban J connectivity index is 1.35. The van der Waals surface area contributed by atoms with Crippen LogP contribution in [0.25, 0.3) is 10.9 Å². The molecule has 0 unspecified atom stereocenters. The fourth-order valence-electron chi connectivity index (χ4n) is 3.92. The van der Waals surface area contributed by atoms with Gasteiger partial charge in [-0.1, -0.05) is 23.7 Å². The van der Waals surface area contributed by atoms with Crippen molar-refractivity contribution < 1.29 is 19.4 Å². The molecule has 0 bridgehead atoms. The summed E-state index contributed by atoms with van der Waals surface area (Å²) < 4.78 is 12.0. The summed E-state index contributed by atoms with van der Waals surface area (Å²) in [4.78, 5) is 25.6. The average Bonchev–Trinajstić information content (AvgIpc) is 3.33. The van der Waals surface area contributed by atoms with Crippen molar-refractivity contribution in [3.05, 3.63) is 77.8 Å². The number of nitrogens with one attached hydrogen (secondary N) is 1. The van der Waals surface area contributed by atoms with E-state index in [4.69, 9.17) is 21.1 Å². The molecule has 178 valence electrons. The first-order valence-electron chi connectivity index (χ1n) is 11.0. The van der Waals surface area contributed by atoms with Crippen molar-refractivity contribution in [3.63, 3.8) is 0 Å². The number of amides is 1. The van der Waals surface area contributed by atoms with Gasteiger partial charge in [0, 0.05) is 24.8 Å². The summed E-state index contributed by atoms with van der Waals surface area (Å²) in [6.07, 6.45) is 2.63. The van der Waals surface area contributed by atoms with Gasteiger partial charge in [-0.05, 0) is 42.5 Å². The van der Waals surface area contributed by atoms with Crippen LogP contribution in [-0.2, 0) is 6.61 Å². The molecule has 1 fully saturated rings. The standard InChI is InChI=1S/C25H22ClN5O4/c26-19-12-16(7-8-21(19)34-14-17-4-1-2-10-27-17)30-24-23-20(28-15-29-24)5-3-6-22(23)35-18-9-11-31(13-18)25(32)33/h1-8,10,12,15,18H,9,11,13-14H2,(H,32,33)(H,28,29,30)/t18-/m0/s1. The number of pyridine rings is 1. The molecule has 1 atom stereocenters. The maximum Gasteiger partial charge on any atom is 0.407 e. The third kappa shape index (κ3) is 5.20. The van der Waals surface area contributed by atoms with Crippen LogP contribution >= 0.6 is 11.6 Å². The van der Waals surface area contributed by atoms with Crippen molar-refractivity contribution in [3.8, 4) is 11.5 Å². The van der Waals surface area contributed by atoms with Gasteiger partial charge >= 0.3 is 6.09 Å². The molecule has 2 aromatic carbocycles. The SMILES string of the molecule is O=C(O)N1CC[C@H](Oc2cccc3ncnc(Nc4ccc(OCc5ccccn5)c(Cl)c4)c23)C1. The lowest BCUT2D eigenvalue weighted by Gasteiger charge is -2.17. The Morgan fingerprint density at radius 1 is 1.11 bits per heavy atom. The third-order valence-corrected chi connectivity index (χ3v) is 5.93. The smallest absolute Gasteiger partial charge is 0.407 e. The number of hydrogen-bond donors (Lipinski definition) is 2. The van der Waals surface area contributed by atoms with Crippen LogP contribution in [-0.4, -0.2) is 50.2 Å². The minimum absolute atomic E-state index is 0.241. The van der Waals surface area contributed by atoms with E-state index in [-0.39, 0.29) is 6.10 Å². The Labute approximate surface area is 206 Å². The molecule has 0 aliphatic carbocycles. The number of likely N-dealkylation sites (tertiary alicyclic amines) is 1. The number of anilines is 2. The summed E-state index contributed by atoms with van der Waals surface area (Å²) in [5, 5.41) is 13.7. The highest BCUT2D eigenvalue weighted by molar-refractivity contribution is 6.32. The lowest BCUT2D eigenvalue weighted by molar-refractivity contribution is 0.146. The highest BCUT2D eigenvalue weighted by Gasteiger charge is 2.28. The number of aromatic nitrogens is 3. The molecule has 3 heterocycles. The van der Waals surface area contributed by atoms with Crippen molar-refractivity contribution in [2.45, 2.75) is 19.1 Å². The topological polar surface area (TPSA) is 110 Å². The number of fused-ring (bicyclic) bond motifs is 1. The molecule has 9 nitrogen and oxygen atoms in total. The molecule has 35 heavy (non-hydrogen) atoms. The van der Waals surface area contributed by atoms with E-state index >= 15 is 0 Å². The van der Waals surface area contributed by atoms with Gasteiger partial charge in [0.2, 0.25) is 0 Å². The van der Waals surface area contributed by atoms with E-state index < -0.39 is 6.09 Å². The molecular formula is C25H22ClN5O4. The van der Waals surface area contributed by atoms with Crippen LogP contribution in [0.2, 0.25) is 5.02 Å². The number of ether oxygens (including phenoxy) is 2. The quantitative estimate of drug-likeness (QED) is 0.366. The van der Waals surface area contributed by atoms with Gasteiger partial charge in [0.05, 0.1) is 28.2 Å². The van der Waals surface area contributed by atoms with E-state index in [0.29, 0.717) is 65.0 Å². The lowest BCUT2D eigenvalue weighted by Crippen LogP contribution is -2.29. The Kier molecular flexibility index (Phi) is 6.49. The number of carbonyl (C=O) groups is 1. The largest absolute Gasteiger partial charge is 0.488 e. The second-order valence-corrected chi connectivity index (χ2v) is 8.42. The van der Waals surface area contributed by atoms with E-state index in [1.165, 1.54) is 11.2 Å². The lowest BCUT2D eigenvalue weighted by atomic mass is 10.2. The van der Waals surface area contributed by atoms with Crippen LogP contribution in [0, 0.1) is 0 Å². The molecule has 0 saturated carbocycles. The van der Waals surface area contributed by atoms with Gasteiger partial charge in [0.15, 0.2) is 0 Å². The van der Waals surface area contributed by atoms with Crippen molar-refractivity contribution in [1.82, 2.24) is 19.9 Å². The molecule has 2 aromatic heterocycles. The molecule has 4 aromatic rings. The molecule has 1 aliphatic heterocycles. The predicted molar refractivity (Wildman–Crippen MR) is 131 cm³/mol. The second-order valence-electron chi connectivity index (χ2n) is 8.01. The van der Waals surface area contributed by atoms with Gasteiger partial charge in [-0.25, -0.2) is 14.8 Å². The summed E-state index contributed by atoms with van der Waals surface area (Å²) in [7, 11) is 0. The first kappa shape index (κ1) is 22.7. The molecule has 0 radical (unpaired) electrons. The molecule has 5 rings (SSSR count). The number of halogens is 1. The van der Waals surface area contributed by atoms with Gasteiger partial charge in [0.25, 0.3) is 0 Å². The molecule has 0 spiro atoms. The van der Waals surface area contributed by atoms with Crippen molar-refractivity contribution in [2.75, 3.05) is 18.4 Å². The molecular weight excluding hydrogens is 470 g/mol. The van der Waals surface area contributed by atoms with Gasteiger partial charge in [-0.2, -0.15) is 0 Å². The molecule has 10 heteroatoms. The Morgan fingerprint density at radius 3 is 2.80 bits per heavy atom. The number of carboxylic acid groups (broad SMARTS) is 1. The highest BCUT2D eigenvalue weighted by Crippen LogP contribution is 2.35. The number of hydrogen-bond acceptors (Lipinski definition) is 7. The maximum absolute atomic E-state index is 11.3. The number of nitrogens with zero attached hydrogens (tertiary/aromatic N) is 4.